The van der Waals surface area contributed by atoms with Gasteiger partial charge in [0.1, 0.15) is 5.75 Å². The van der Waals surface area contributed by atoms with Gasteiger partial charge in [0, 0.05) is 31.2 Å². The summed E-state index contributed by atoms with van der Waals surface area (Å²) in [5.41, 5.74) is 0. The van der Waals surface area contributed by atoms with E-state index in [1.807, 2.05) is 17.5 Å². The fraction of sp³-hybridized carbons (Fsp3) is 0.333. The average Bonchev–Trinajstić information content (AvgIpc) is 3.16. The van der Waals surface area contributed by atoms with Crippen molar-refractivity contribution in [3.05, 3.63) is 50.6 Å². The van der Waals surface area contributed by atoms with Gasteiger partial charge in [-0.05, 0) is 29.6 Å². The summed E-state index contributed by atoms with van der Waals surface area (Å²) in [5.74, 6) is 0.463. The number of halogens is 2. The Morgan fingerprint density at radius 2 is 1.88 bits per heavy atom. The fourth-order valence-electron chi connectivity index (χ4n) is 2.70. The van der Waals surface area contributed by atoms with Gasteiger partial charge in [-0.1, -0.05) is 29.3 Å². The number of ketones is 1. The standard InChI is InChI=1S/C18H18Cl2N2O3S/c19-13-3-4-16(14(20)10-13)25-12-18(24)22-7-5-21(6-8-22)11-15(23)17-2-1-9-26-17/h1-4,9-10H,5-8,11-12H2. The van der Waals surface area contributed by atoms with E-state index in [1.165, 1.54) is 11.3 Å². The molecular formula is C18H18Cl2N2O3S. The van der Waals surface area contributed by atoms with Gasteiger partial charge in [-0.15, -0.1) is 11.3 Å². The summed E-state index contributed by atoms with van der Waals surface area (Å²) >= 11 is 13.3. The lowest BCUT2D eigenvalue weighted by molar-refractivity contribution is -0.135. The number of benzene rings is 1. The number of nitrogens with zero attached hydrogens (tertiary/aromatic N) is 2. The average molecular weight is 413 g/mol. The lowest BCUT2D eigenvalue weighted by atomic mass is 10.2. The van der Waals surface area contributed by atoms with Crippen LogP contribution in [0.25, 0.3) is 0 Å². The summed E-state index contributed by atoms with van der Waals surface area (Å²) < 4.78 is 5.50. The van der Waals surface area contributed by atoms with Gasteiger partial charge in [0.05, 0.1) is 16.4 Å². The molecule has 2 heterocycles. The number of hydrogen-bond acceptors (Lipinski definition) is 5. The summed E-state index contributed by atoms with van der Waals surface area (Å²) in [5, 5.41) is 2.79. The number of piperazine rings is 1. The predicted octanol–water partition coefficient (Wildman–Crippen LogP) is 3.46. The van der Waals surface area contributed by atoms with Crippen LogP contribution in [0.2, 0.25) is 10.0 Å². The minimum atomic E-state index is -0.0970. The quantitative estimate of drug-likeness (QED) is 0.681. The molecule has 0 bridgehead atoms. The van der Waals surface area contributed by atoms with Gasteiger partial charge in [0.2, 0.25) is 0 Å². The van der Waals surface area contributed by atoms with Crippen LogP contribution >= 0.6 is 34.5 Å². The second kappa shape index (κ2) is 8.86. The molecule has 1 aliphatic heterocycles. The topological polar surface area (TPSA) is 49.9 Å². The first-order valence-electron chi connectivity index (χ1n) is 8.17. The van der Waals surface area contributed by atoms with Crippen molar-refractivity contribution in [1.29, 1.82) is 0 Å². The Kier molecular flexibility index (Phi) is 6.53. The molecule has 5 nitrogen and oxygen atoms in total. The van der Waals surface area contributed by atoms with Crippen LogP contribution in [0.1, 0.15) is 9.67 Å². The highest BCUT2D eigenvalue weighted by Gasteiger charge is 2.23. The van der Waals surface area contributed by atoms with Crippen LogP contribution in [0.3, 0.4) is 0 Å². The minimum Gasteiger partial charge on any atom is -0.482 e. The van der Waals surface area contributed by atoms with E-state index in [2.05, 4.69) is 4.90 Å². The predicted molar refractivity (Wildman–Crippen MR) is 104 cm³/mol. The summed E-state index contributed by atoms with van der Waals surface area (Å²) in [4.78, 5) is 29.1. The molecule has 1 aromatic heterocycles. The number of carbonyl (C=O) groups is 2. The first-order chi connectivity index (χ1) is 12.5. The molecule has 0 aliphatic carbocycles. The van der Waals surface area contributed by atoms with Crippen molar-refractivity contribution in [2.24, 2.45) is 0 Å². The number of rotatable bonds is 6. The summed E-state index contributed by atoms with van der Waals surface area (Å²) in [7, 11) is 0. The number of thiophene rings is 1. The van der Waals surface area contributed by atoms with Crippen molar-refractivity contribution in [1.82, 2.24) is 9.80 Å². The lowest BCUT2D eigenvalue weighted by Gasteiger charge is -2.34. The molecule has 1 aromatic carbocycles. The van der Waals surface area contributed by atoms with Crippen LogP contribution < -0.4 is 4.74 Å². The van der Waals surface area contributed by atoms with E-state index in [0.717, 1.165) is 4.88 Å². The molecular weight excluding hydrogens is 395 g/mol. The molecule has 0 N–H and O–H groups in total. The molecule has 0 saturated carbocycles. The Labute approximate surface area is 166 Å². The van der Waals surface area contributed by atoms with Gasteiger partial charge in [-0.3, -0.25) is 14.5 Å². The number of Topliss-reactive ketones (excluding diaryl/α,β-unsaturated/α-hetero) is 1. The minimum absolute atomic E-state index is 0.0739. The van der Waals surface area contributed by atoms with Crippen LogP contribution in [0.5, 0.6) is 5.75 Å². The third kappa shape index (κ3) is 4.98. The molecule has 8 heteroatoms. The third-order valence-corrected chi connectivity index (χ3v) is 5.57. The van der Waals surface area contributed by atoms with Gasteiger partial charge in [0.25, 0.3) is 5.91 Å². The van der Waals surface area contributed by atoms with Crippen LogP contribution in [-0.2, 0) is 4.79 Å². The van der Waals surface area contributed by atoms with Gasteiger partial charge in [0.15, 0.2) is 12.4 Å². The molecule has 1 saturated heterocycles. The normalized spacial score (nSPS) is 15.1. The summed E-state index contributed by atoms with van der Waals surface area (Å²) in [6.07, 6.45) is 0. The zero-order valence-electron chi connectivity index (χ0n) is 14.0. The Morgan fingerprint density at radius 3 is 2.54 bits per heavy atom. The third-order valence-electron chi connectivity index (χ3n) is 4.13. The number of hydrogen-bond donors (Lipinski definition) is 0. The molecule has 3 rings (SSSR count). The van der Waals surface area contributed by atoms with E-state index in [1.54, 1.807) is 23.1 Å². The second-order valence-corrected chi connectivity index (χ2v) is 7.71. The Morgan fingerprint density at radius 1 is 1.12 bits per heavy atom. The molecule has 0 unspecified atom stereocenters. The number of amides is 1. The van der Waals surface area contributed by atoms with E-state index >= 15 is 0 Å². The maximum absolute atomic E-state index is 12.3. The monoisotopic (exact) mass is 412 g/mol. The molecule has 1 aliphatic rings. The van der Waals surface area contributed by atoms with Crippen LogP contribution in [-0.4, -0.2) is 60.8 Å². The van der Waals surface area contributed by atoms with Gasteiger partial charge in [-0.25, -0.2) is 0 Å². The van der Waals surface area contributed by atoms with Crippen molar-refractivity contribution in [2.45, 2.75) is 0 Å². The molecule has 26 heavy (non-hydrogen) atoms. The summed E-state index contributed by atoms with van der Waals surface area (Å²) in [6, 6.07) is 8.60. The zero-order valence-corrected chi connectivity index (χ0v) is 16.3. The van der Waals surface area contributed by atoms with Crippen molar-refractivity contribution in [2.75, 3.05) is 39.3 Å². The molecule has 2 aromatic rings. The van der Waals surface area contributed by atoms with Crippen molar-refractivity contribution in [3.8, 4) is 5.75 Å². The molecule has 0 spiro atoms. The second-order valence-electron chi connectivity index (χ2n) is 5.92. The molecule has 1 amide bonds. The zero-order chi connectivity index (χ0) is 18.5. The van der Waals surface area contributed by atoms with Crippen LogP contribution in [0.4, 0.5) is 0 Å². The number of ether oxygens (including phenoxy) is 1. The first-order valence-corrected chi connectivity index (χ1v) is 9.81. The smallest absolute Gasteiger partial charge is 0.260 e. The maximum Gasteiger partial charge on any atom is 0.260 e. The van der Waals surface area contributed by atoms with Crippen LogP contribution in [0.15, 0.2) is 35.7 Å². The largest absolute Gasteiger partial charge is 0.482 e. The number of carbonyl (C=O) groups excluding carboxylic acids is 2. The molecule has 0 radical (unpaired) electrons. The van der Waals surface area contributed by atoms with Crippen molar-refractivity contribution < 1.29 is 14.3 Å². The Hall–Kier alpha value is -1.60. The van der Waals surface area contributed by atoms with E-state index in [-0.39, 0.29) is 18.3 Å². The highest BCUT2D eigenvalue weighted by molar-refractivity contribution is 7.12. The first kappa shape index (κ1) is 19.2. The van der Waals surface area contributed by atoms with E-state index in [4.69, 9.17) is 27.9 Å². The highest BCUT2D eigenvalue weighted by atomic mass is 35.5. The van der Waals surface area contributed by atoms with Crippen LogP contribution in [0, 0.1) is 0 Å². The fourth-order valence-corrected chi connectivity index (χ4v) is 3.82. The van der Waals surface area contributed by atoms with Gasteiger partial charge < -0.3 is 9.64 Å². The maximum atomic E-state index is 12.3. The Bertz CT molecular complexity index is 775. The Balaban J connectivity index is 1.44. The lowest BCUT2D eigenvalue weighted by Crippen LogP contribution is -2.51. The molecule has 1 fully saturated rings. The van der Waals surface area contributed by atoms with E-state index < -0.39 is 0 Å². The highest BCUT2D eigenvalue weighted by Crippen LogP contribution is 2.27. The molecule has 0 atom stereocenters. The van der Waals surface area contributed by atoms with Gasteiger partial charge in [-0.2, -0.15) is 0 Å². The van der Waals surface area contributed by atoms with Crippen molar-refractivity contribution in [3.63, 3.8) is 0 Å². The van der Waals surface area contributed by atoms with Gasteiger partial charge >= 0.3 is 0 Å². The van der Waals surface area contributed by atoms with E-state index in [0.29, 0.717) is 48.5 Å². The van der Waals surface area contributed by atoms with Crippen molar-refractivity contribution >= 4 is 46.2 Å². The SMILES string of the molecule is O=C(CN1CCN(C(=O)COc2ccc(Cl)cc2Cl)CC1)c1cccs1. The van der Waals surface area contributed by atoms with E-state index in [9.17, 15) is 9.59 Å². The summed E-state index contributed by atoms with van der Waals surface area (Å²) in [6.45, 7) is 2.81. The molecule has 138 valence electrons.